The zero-order valence-electron chi connectivity index (χ0n) is 13.2. The van der Waals surface area contributed by atoms with Crippen molar-refractivity contribution in [3.8, 4) is 0 Å². The number of oxazole rings is 1. The van der Waals surface area contributed by atoms with Crippen molar-refractivity contribution in [3.63, 3.8) is 0 Å². The summed E-state index contributed by atoms with van der Waals surface area (Å²) in [6, 6.07) is 11.8. The lowest BCUT2D eigenvalue weighted by Crippen LogP contribution is -2.38. The van der Waals surface area contributed by atoms with Gasteiger partial charge in [-0.3, -0.25) is 4.79 Å². The third kappa shape index (κ3) is 3.12. The van der Waals surface area contributed by atoms with Gasteiger partial charge >= 0.3 is 0 Å². The van der Waals surface area contributed by atoms with Crippen LogP contribution in [0.4, 0.5) is 0 Å². The SMILES string of the molecule is O=C(/C=C/c1cccs1)N1CCCC(c2nc3ccccc3o2)C1. The lowest BCUT2D eigenvalue weighted by atomic mass is 9.98. The fraction of sp³-hybridized carbons (Fsp3) is 0.263. The fourth-order valence-corrected chi connectivity index (χ4v) is 3.71. The van der Waals surface area contributed by atoms with Crippen molar-refractivity contribution >= 4 is 34.4 Å². The number of para-hydroxylation sites is 2. The van der Waals surface area contributed by atoms with Crippen molar-refractivity contribution in [2.45, 2.75) is 18.8 Å². The van der Waals surface area contributed by atoms with E-state index in [0.29, 0.717) is 6.54 Å². The van der Waals surface area contributed by atoms with Crippen LogP contribution in [0, 0.1) is 0 Å². The first-order valence-corrected chi connectivity index (χ1v) is 9.03. The van der Waals surface area contributed by atoms with Gasteiger partial charge in [0.2, 0.25) is 5.91 Å². The van der Waals surface area contributed by atoms with Crippen LogP contribution in [0.5, 0.6) is 0 Å². The first-order valence-electron chi connectivity index (χ1n) is 8.15. The number of hydrogen-bond acceptors (Lipinski definition) is 4. The molecule has 4 rings (SSSR count). The number of likely N-dealkylation sites (tertiary alicyclic amines) is 1. The van der Waals surface area contributed by atoms with Gasteiger partial charge in [0.25, 0.3) is 0 Å². The van der Waals surface area contributed by atoms with E-state index in [4.69, 9.17) is 4.42 Å². The van der Waals surface area contributed by atoms with Gasteiger partial charge in [0.05, 0.1) is 5.92 Å². The molecule has 2 aromatic heterocycles. The van der Waals surface area contributed by atoms with Gasteiger partial charge in [-0.25, -0.2) is 4.98 Å². The van der Waals surface area contributed by atoms with Crippen molar-refractivity contribution in [2.75, 3.05) is 13.1 Å². The summed E-state index contributed by atoms with van der Waals surface area (Å²) in [7, 11) is 0. The maximum Gasteiger partial charge on any atom is 0.246 e. The van der Waals surface area contributed by atoms with E-state index < -0.39 is 0 Å². The number of thiophene rings is 1. The maximum absolute atomic E-state index is 12.4. The van der Waals surface area contributed by atoms with Crippen LogP contribution in [0.25, 0.3) is 17.2 Å². The number of nitrogens with zero attached hydrogens (tertiary/aromatic N) is 2. The third-order valence-electron chi connectivity index (χ3n) is 4.33. The molecule has 1 aromatic carbocycles. The number of carbonyl (C=O) groups is 1. The molecule has 3 heterocycles. The molecule has 1 fully saturated rings. The van der Waals surface area contributed by atoms with E-state index in [-0.39, 0.29) is 11.8 Å². The number of benzene rings is 1. The second kappa shape index (κ2) is 6.61. The average Bonchev–Trinajstić information content (AvgIpc) is 3.29. The van der Waals surface area contributed by atoms with Crippen molar-refractivity contribution < 1.29 is 9.21 Å². The van der Waals surface area contributed by atoms with Crippen LogP contribution in [0.2, 0.25) is 0 Å². The van der Waals surface area contributed by atoms with E-state index in [1.807, 2.05) is 52.8 Å². The van der Waals surface area contributed by atoms with Crippen LogP contribution in [-0.4, -0.2) is 28.9 Å². The van der Waals surface area contributed by atoms with E-state index >= 15 is 0 Å². The lowest BCUT2D eigenvalue weighted by molar-refractivity contribution is -0.127. The Morgan fingerprint density at radius 1 is 1.29 bits per heavy atom. The van der Waals surface area contributed by atoms with Gasteiger partial charge in [-0.05, 0) is 42.5 Å². The maximum atomic E-state index is 12.4. The molecule has 3 aromatic rings. The predicted octanol–water partition coefficient (Wildman–Crippen LogP) is 4.31. The summed E-state index contributed by atoms with van der Waals surface area (Å²) in [5.41, 5.74) is 1.70. The van der Waals surface area contributed by atoms with Crippen LogP contribution in [0.15, 0.2) is 52.3 Å². The summed E-state index contributed by atoms with van der Waals surface area (Å²) < 4.78 is 5.89. The van der Waals surface area contributed by atoms with E-state index in [0.717, 1.165) is 41.3 Å². The molecule has 122 valence electrons. The Kier molecular flexibility index (Phi) is 4.17. The lowest BCUT2D eigenvalue weighted by Gasteiger charge is -2.30. The van der Waals surface area contributed by atoms with Gasteiger partial charge in [-0.15, -0.1) is 11.3 Å². The number of piperidine rings is 1. The average molecular weight is 338 g/mol. The molecule has 4 nitrogen and oxygen atoms in total. The third-order valence-corrected chi connectivity index (χ3v) is 5.16. The molecular formula is C19H18N2O2S. The number of rotatable bonds is 3. The van der Waals surface area contributed by atoms with Gasteiger partial charge in [0, 0.05) is 24.0 Å². The highest BCUT2D eigenvalue weighted by Gasteiger charge is 2.27. The van der Waals surface area contributed by atoms with Crippen molar-refractivity contribution in [1.29, 1.82) is 0 Å². The predicted molar refractivity (Wildman–Crippen MR) is 95.9 cm³/mol. The Morgan fingerprint density at radius 3 is 3.04 bits per heavy atom. The highest BCUT2D eigenvalue weighted by molar-refractivity contribution is 7.10. The van der Waals surface area contributed by atoms with Crippen LogP contribution in [0.1, 0.15) is 29.5 Å². The Bertz CT molecular complexity index is 834. The molecule has 24 heavy (non-hydrogen) atoms. The summed E-state index contributed by atoms with van der Waals surface area (Å²) in [6.07, 6.45) is 5.53. The Labute approximate surface area is 144 Å². The summed E-state index contributed by atoms with van der Waals surface area (Å²) in [5.74, 6) is 0.977. The number of hydrogen-bond donors (Lipinski definition) is 0. The highest BCUT2D eigenvalue weighted by atomic mass is 32.1. The Hall–Kier alpha value is -2.40. The standard InChI is InChI=1S/C19H18N2O2S/c22-18(10-9-15-6-4-12-24-15)21-11-3-5-14(13-21)19-20-16-7-1-2-8-17(16)23-19/h1-2,4,6-10,12,14H,3,5,11,13H2/b10-9+. The van der Waals surface area contributed by atoms with Gasteiger partial charge in [0.15, 0.2) is 11.5 Å². The first-order chi connectivity index (χ1) is 11.8. The number of carbonyl (C=O) groups excluding carboxylic acids is 1. The molecule has 0 bridgehead atoms. The van der Waals surface area contributed by atoms with Crippen molar-refractivity contribution in [3.05, 3.63) is 58.6 Å². The summed E-state index contributed by atoms with van der Waals surface area (Å²) in [5, 5.41) is 2.01. The zero-order chi connectivity index (χ0) is 16.4. The van der Waals surface area contributed by atoms with E-state index in [2.05, 4.69) is 4.98 Å². The van der Waals surface area contributed by atoms with Crippen molar-refractivity contribution in [1.82, 2.24) is 9.88 Å². The monoisotopic (exact) mass is 338 g/mol. The second-order valence-electron chi connectivity index (χ2n) is 5.99. The van der Waals surface area contributed by atoms with Crippen LogP contribution in [-0.2, 0) is 4.79 Å². The highest BCUT2D eigenvalue weighted by Crippen LogP contribution is 2.29. The minimum atomic E-state index is 0.0595. The molecular weight excluding hydrogens is 320 g/mol. The molecule has 0 saturated carbocycles. The Morgan fingerprint density at radius 2 is 2.21 bits per heavy atom. The molecule has 0 aliphatic carbocycles. The number of aromatic nitrogens is 1. The molecule has 0 N–H and O–H groups in total. The molecule has 1 amide bonds. The molecule has 1 unspecified atom stereocenters. The number of fused-ring (bicyclic) bond motifs is 1. The summed E-state index contributed by atoms with van der Waals surface area (Å²) in [6.45, 7) is 1.46. The summed E-state index contributed by atoms with van der Waals surface area (Å²) >= 11 is 1.63. The molecule has 0 radical (unpaired) electrons. The van der Waals surface area contributed by atoms with E-state index in [1.165, 1.54) is 0 Å². The topological polar surface area (TPSA) is 46.3 Å². The van der Waals surface area contributed by atoms with E-state index in [1.54, 1.807) is 17.4 Å². The van der Waals surface area contributed by atoms with Gasteiger partial charge in [-0.2, -0.15) is 0 Å². The van der Waals surface area contributed by atoms with E-state index in [9.17, 15) is 4.79 Å². The fourth-order valence-electron chi connectivity index (χ4n) is 3.09. The minimum absolute atomic E-state index is 0.0595. The smallest absolute Gasteiger partial charge is 0.246 e. The molecule has 1 aliphatic rings. The van der Waals surface area contributed by atoms with Crippen molar-refractivity contribution in [2.24, 2.45) is 0 Å². The van der Waals surface area contributed by atoms with Crippen LogP contribution < -0.4 is 0 Å². The molecule has 1 aliphatic heterocycles. The normalized spacial score (nSPS) is 18.5. The molecule has 5 heteroatoms. The first kappa shape index (κ1) is 15.1. The zero-order valence-corrected chi connectivity index (χ0v) is 14.0. The number of amides is 1. The van der Waals surface area contributed by atoms with Crippen LogP contribution >= 0.6 is 11.3 Å². The molecule has 0 spiro atoms. The van der Waals surface area contributed by atoms with Gasteiger partial charge in [0.1, 0.15) is 5.52 Å². The Balaban J connectivity index is 1.48. The van der Waals surface area contributed by atoms with Gasteiger partial charge in [-0.1, -0.05) is 18.2 Å². The minimum Gasteiger partial charge on any atom is -0.440 e. The van der Waals surface area contributed by atoms with Crippen LogP contribution in [0.3, 0.4) is 0 Å². The second-order valence-corrected chi connectivity index (χ2v) is 6.97. The van der Waals surface area contributed by atoms with Gasteiger partial charge < -0.3 is 9.32 Å². The summed E-state index contributed by atoms with van der Waals surface area (Å²) in [4.78, 5) is 20.0. The molecule has 1 saturated heterocycles. The quantitative estimate of drug-likeness (QED) is 0.669. The largest absolute Gasteiger partial charge is 0.440 e. The molecule has 1 atom stereocenters.